The van der Waals surface area contributed by atoms with Crippen LogP contribution in [-0.4, -0.2) is 29.7 Å². The van der Waals surface area contributed by atoms with Crippen LogP contribution in [0.15, 0.2) is 0 Å². The van der Waals surface area contributed by atoms with E-state index in [1.54, 1.807) is 0 Å². The van der Waals surface area contributed by atoms with Crippen molar-refractivity contribution < 1.29 is 14.6 Å². The highest BCUT2D eigenvalue weighted by molar-refractivity contribution is 4.83. The molecule has 2 rings (SSSR count). The van der Waals surface area contributed by atoms with Gasteiger partial charge in [0.25, 0.3) is 0 Å². The highest BCUT2D eigenvalue weighted by atomic mass is 16.7. The molecule has 0 saturated carbocycles. The fourth-order valence-corrected chi connectivity index (χ4v) is 2.62. The van der Waals surface area contributed by atoms with Gasteiger partial charge in [-0.1, -0.05) is 6.92 Å². The zero-order valence-electron chi connectivity index (χ0n) is 9.58. The Balaban J connectivity index is 1.96. The van der Waals surface area contributed by atoms with Crippen molar-refractivity contribution in [3.8, 4) is 0 Å². The number of aliphatic hydroxyl groups excluding tert-OH is 1. The molecule has 0 amide bonds. The zero-order chi connectivity index (χ0) is 10.7. The average Bonchev–Trinajstić information content (AvgIpc) is 2.29. The van der Waals surface area contributed by atoms with E-state index in [0.717, 1.165) is 45.1 Å². The van der Waals surface area contributed by atoms with Crippen molar-refractivity contribution in [1.29, 1.82) is 0 Å². The standard InChI is InChI=1S/C12H22O3/c1-2-10(13)11-6-5-8-12(15-11)7-3-4-9-14-12/h10-11,13H,2-9H2,1H3/t10-,11-,12-/m1/s1. The molecule has 3 atom stereocenters. The van der Waals surface area contributed by atoms with Crippen molar-refractivity contribution in [3.63, 3.8) is 0 Å². The molecule has 15 heavy (non-hydrogen) atoms. The van der Waals surface area contributed by atoms with Crippen molar-refractivity contribution in [1.82, 2.24) is 0 Å². The van der Waals surface area contributed by atoms with Crippen molar-refractivity contribution in [2.24, 2.45) is 0 Å². The molecule has 2 aliphatic rings. The first kappa shape index (κ1) is 11.4. The summed E-state index contributed by atoms with van der Waals surface area (Å²) in [6, 6.07) is 0. The first-order valence-corrected chi connectivity index (χ1v) is 6.25. The van der Waals surface area contributed by atoms with Crippen molar-refractivity contribution in [2.45, 2.75) is 69.9 Å². The Morgan fingerprint density at radius 1 is 1.33 bits per heavy atom. The summed E-state index contributed by atoms with van der Waals surface area (Å²) in [5, 5.41) is 9.82. The minimum atomic E-state index is -0.350. The van der Waals surface area contributed by atoms with Gasteiger partial charge in [-0.05, 0) is 32.1 Å². The van der Waals surface area contributed by atoms with Crippen molar-refractivity contribution in [2.75, 3.05) is 6.61 Å². The maximum Gasteiger partial charge on any atom is 0.168 e. The van der Waals surface area contributed by atoms with E-state index in [-0.39, 0.29) is 18.0 Å². The van der Waals surface area contributed by atoms with Crippen LogP contribution in [0.25, 0.3) is 0 Å². The van der Waals surface area contributed by atoms with Gasteiger partial charge in [0.2, 0.25) is 0 Å². The zero-order valence-corrected chi connectivity index (χ0v) is 9.58. The third kappa shape index (κ3) is 2.52. The molecule has 0 radical (unpaired) electrons. The largest absolute Gasteiger partial charge is 0.390 e. The second-order valence-corrected chi connectivity index (χ2v) is 4.74. The van der Waals surface area contributed by atoms with E-state index in [0.29, 0.717) is 0 Å². The molecule has 2 heterocycles. The van der Waals surface area contributed by atoms with Gasteiger partial charge in [-0.25, -0.2) is 0 Å². The van der Waals surface area contributed by atoms with Crippen LogP contribution in [0.1, 0.15) is 51.9 Å². The van der Waals surface area contributed by atoms with Gasteiger partial charge in [-0.15, -0.1) is 0 Å². The molecule has 0 aromatic rings. The van der Waals surface area contributed by atoms with Gasteiger partial charge in [-0.3, -0.25) is 0 Å². The molecular formula is C12H22O3. The van der Waals surface area contributed by atoms with Crippen LogP contribution in [0.4, 0.5) is 0 Å². The lowest BCUT2D eigenvalue weighted by Crippen LogP contribution is -2.48. The van der Waals surface area contributed by atoms with Gasteiger partial charge in [-0.2, -0.15) is 0 Å². The van der Waals surface area contributed by atoms with Gasteiger partial charge in [0, 0.05) is 12.8 Å². The van der Waals surface area contributed by atoms with E-state index in [9.17, 15) is 5.11 Å². The van der Waals surface area contributed by atoms with Crippen LogP contribution in [0.5, 0.6) is 0 Å². The summed E-state index contributed by atoms with van der Waals surface area (Å²) >= 11 is 0. The van der Waals surface area contributed by atoms with Gasteiger partial charge in [0.15, 0.2) is 5.79 Å². The second-order valence-electron chi connectivity index (χ2n) is 4.74. The number of hydrogen-bond acceptors (Lipinski definition) is 3. The molecule has 3 heteroatoms. The van der Waals surface area contributed by atoms with E-state index in [2.05, 4.69) is 0 Å². The molecule has 88 valence electrons. The van der Waals surface area contributed by atoms with Crippen LogP contribution >= 0.6 is 0 Å². The smallest absolute Gasteiger partial charge is 0.168 e. The van der Waals surface area contributed by atoms with E-state index < -0.39 is 0 Å². The maximum absolute atomic E-state index is 9.82. The van der Waals surface area contributed by atoms with E-state index >= 15 is 0 Å². The van der Waals surface area contributed by atoms with Crippen LogP contribution in [0.3, 0.4) is 0 Å². The third-order valence-corrected chi connectivity index (χ3v) is 3.58. The molecule has 2 aliphatic heterocycles. The number of aliphatic hydroxyl groups is 1. The molecule has 3 nitrogen and oxygen atoms in total. The molecule has 0 aliphatic carbocycles. The maximum atomic E-state index is 9.82. The average molecular weight is 214 g/mol. The summed E-state index contributed by atoms with van der Waals surface area (Å²) in [5.41, 5.74) is 0. The Kier molecular flexibility index (Phi) is 3.65. The summed E-state index contributed by atoms with van der Waals surface area (Å²) in [7, 11) is 0. The number of ether oxygens (including phenoxy) is 2. The Bertz CT molecular complexity index is 194. The normalized spacial score (nSPS) is 39.2. The molecular weight excluding hydrogens is 192 g/mol. The number of hydrogen-bond donors (Lipinski definition) is 1. The lowest BCUT2D eigenvalue weighted by Gasteiger charge is -2.44. The predicted molar refractivity (Wildman–Crippen MR) is 57.6 cm³/mol. The van der Waals surface area contributed by atoms with Gasteiger partial charge in [0.1, 0.15) is 0 Å². The minimum Gasteiger partial charge on any atom is -0.390 e. The van der Waals surface area contributed by atoms with Gasteiger partial charge >= 0.3 is 0 Å². The SMILES string of the molecule is CC[C@@H](O)[C@H]1CCC[C@@]2(CCCCO2)O1. The third-order valence-electron chi connectivity index (χ3n) is 3.58. The van der Waals surface area contributed by atoms with Crippen LogP contribution < -0.4 is 0 Å². The topological polar surface area (TPSA) is 38.7 Å². The highest BCUT2D eigenvalue weighted by Crippen LogP contribution is 2.37. The first-order valence-electron chi connectivity index (χ1n) is 6.25. The Labute approximate surface area is 91.8 Å². The molecule has 1 spiro atoms. The highest BCUT2D eigenvalue weighted by Gasteiger charge is 2.41. The minimum absolute atomic E-state index is 0.0122. The quantitative estimate of drug-likeness (QED) is 0.766. The fourth-order valence-electron chi connectivity index (χ4n) is 2.62. The molecule has 2 saturated heterocycles. The molecule has 0 aromatic heterocycles. The monoisotopic (exact) mass is 214 g/mol. The second kappa shape index (κ2) is 4.81. The van der Waals surface area contributed by atoms with Crippen LogP contribution in [0, 0.1) is 0 Å². The Morgan fingerprint density at radius 3 is 2.80 bits per heavy atom. The number of rotatable bonds is 2. The van der Waals surface area contributed by atoms with Gasteiger partial charge < -0.3 is 14.6 Å². The molecule has 0 unspecified atom stereocenters. The summed E-state index contributed by atoms with van der Waals surface area (Å²) in [6.45, 7) is 2.81. The Hall–Kier alpha value is -0.120. The van der Waals surface area contributed by atoms with E-state index in [1.807, 2.05) is 6.92 Å². The summed E-state index contributed by atoms with van der Waals surface area (Å²) in [4.78, 5) is 0. The first-order chi connectivity index (χ1) is 7.26. The molecule has 1 N–H and O–H groups in total. The van der Waals surface area contributed by atoms with Crippen molar-refractivity contribution >= 4 is 0 Å². The molecule has 2 fully saturated rings. The Morgan fingerprint density at radius 2 is 2.13 bits per heavy atom. The van der Waals surface area contributed by atoms with E-state index in [1.165, 1.54) is 6.42 Å². The summed E-state index contributed by atoms with van der Waals surface area (Å²) < 4.78 is 11.8. The van der Waals surface area contributed by atoms with Crippen LogP contribution in [-0.2, 0) is 9.47 Å². The fraction of sp³-hybridized carbons (Fsp3) is 1.00. The lowest BCUT2D eigenvalue weighted by molar-refractivity contribution is -0.306. The lowest BCUT2D eigenvalue weighted by atomic mass is 9.92. The molecule has 0 aromatic carbocycles. The van der Waals surface area contributed by atoms with Gasteiger partial charge in [0.05, 0.1) is 18.8 Å². The van der Waals surface area contributed by atoms with E-state index in [4.69, 9.17) is 9.47 Å². The van der Waals surface area contributed by atoms with Crippen molar-refractivity contribution in [3.05, 3.63) is 0 Å². The summed E-state index contributed by atoms with van der Waals surface area (Å²) in [6.07, 6.45) is 6.85. The van der Waals surface area contributed by atoms with Crippen LogP contribution in [0.2, 0.25) is 0 Å². The predicted octanol–water partition coefficient (Wildman–Crippen LogP) is 2.22. The molecule has 0 bridgehead atoms. The summed E-state index contributed by atoms with van der Waals surface area (Å²) in [5.74, 6) is -0.350.